The van der Waals surface area contributed by atoms with E-state index in [1.807, 2.05) is 26.8 Å². The molecule has 152 valence electrons. The number of rotatable bonds is 8. The smallest absolute Gasteiger partial charge is 0.293 e. The van der Waals surface area contributed by atoms with E-state index in [1.165, 1.54) is 30.5 Å². The Labute approximate surface area is 164 Å². The van der Waals surface area contributed by atoms with E-state index in [1.54, 1.807) is 16.3 Å². The Morgan fingerprint density at radius 1 is 0.929 bits per heavy atom. The second-order valence-electron chi connectivity index (χ2n) is 7.74. The van der Waals surface area contributed by atoms with Gasteiger partial charge in [-0.25, -0.2) is 0 Å². The van der Waals surface area contributed by atoms with Crippen LogP contribution in [-0.2, 0) is 6.54 Å². The van der Waals surface area contributed by atoms with E-state index in [-0.39, 0.29) is 11.1 Å². The molecule has 0 radical (unpaired) electrons. The molecule has 7 nitrogen and oxygen atoms in total. The largest absolute Gasteiger partial charge is 0.297 e. The number of hydrogen-bond acceptors (Lipinski definition) is 3. The highest BCUT2D eigenvalue weighted by Crippen LogP contribution is 2.16. The van der Waals surface area contributed by atoms with Crippen molar-refractivity contribution in [1.29, 1.82) is 0 Å². The molecule has 0 saturated carbocycles. The lowest BCUT2D eigenvalue weighted by Gasteiger charge is -2.10. The molecule has 0 atom stereocenters. The van der Waals surface area contributed by atoms with Crippen LogP contribution in [0.1, 0.15) is 68.0 Å². The molecule has 0 bridgehead atoms. The van der Waals surface area contributed by atoms with E-state index in [0.717, 1.165) is 29.8 Å². The molecule has 28 heavy (non-hydrogen) atoms. The lowest BCUT2D eigenvalue weighted by Crippen LogP contribution is -2.26. The Bertz CT molecular complexity index is 1100. The summed E-state index contributed by atoms with van der Waals surface area (Å²) in [6, 6.07) is 1.92. The molecule has 3 rings (SSSR count). The van der Waals surface area contributed by atoms with Gasteiger partial charge in [0.15, 0.2) is 0 Å². The minimum atomic E-state index is -0.182. The van der Waals surface area contributed by atoms with Crippen molar-refractivity contribution in [2.24, 2.45) is 0 Å². The SMILES string of the molecule is CCCCCCCCn1c(=O)c(C)c(C)c2c(=O)n(-n3nc(C)cc3C)[nH]c21. The molecule has 0 aliphatic rings. The zero-order valence-corrected chi connectivity index (χ0v) is 17.6. The fourth-order valence-corrected chi connectivity index (χ4v) is 3.82. The van der Waals surface area contributed by atoms with Crippen molar-refractivity contribution in [2.45, 2.75) is 79.7 Å². The van der Waals surface area contributed by atoms with Gasteiger partial charge in [-0.1, -0.05) is 39.0 Å². The quantitative estimate of drug-likeness (QED) is 0.602. The molecule has 0 aliphatic carbocycles. The number of hydrogen-bond donors (Lipinski definition) is 1. The van der Waals surface area contributed by atoms with E-state index in [9.17, 15) is 9.59 Å². The number of fused-ring (bicyclic) bond motifs is 1. The molecule has 0 saturated heterocycles. The van der Waals surface area contributed by atoms with Crippen LogP contribution in [0.5, 0.6) is 0 Å². The summed E-state index contributed by atoms with van der Waals surface area (Å²) in [6.07, 6.45) is 6.90. The molecule has 0 fully saturated rings. The third-order valence-corrected chi connectivity index (χ3v) is 5.54. The molecule has 1 N–H and O–H groups in total. The number of unbranched alkanes of at least 4 members (excludes halogenated alkanes) is 5. The van der Waals surface area contributed by atoms with Gasteiger partial charge >= 0.3 is 0 Å². The van der Waals surface area contributed by atoms with Crippen molar-refractivity contribution in [1.82, 2.24) is 24.3 Å². The van der Waals surface area contributed by atoms with Gasteiger partial charge in [-0.2, -0.15) is 9.89 Å². The molecule has 7 heteroatoms. The maximum Gasteiger partial charge on any atom is 0.297 e. The Morgan fingerprint density at radius 2 is 1.61 bits per heavy atom. The standard InChI is InChI=1S/C21H31N5O2/c1-6-7-8-9-10-11-12-24-19-18(16(4)17(5)20(24)27)21(28)26(23-19)25-15(3)13-14(2)22-25/h13,23H,6-12H2,1-5H3. The molecule has 0 aromatic carbocycles. The van der Waals surface area contributed by atoms with Crippen LogP contribution in [0.2, 0.25) is 0 Å². The Hall–Kier alpha value is -2.57. The van der Waals surface area contributed by atoms with Crippen molar-refractivity contribution in [3.05, 3.63) is 49.3 Å². The second-order valence-corrected chi connectivity index (χ2v) is 7.74. The van der Waals surface area contributed by atoms with E-state index in [2.05, 4.69) is 17.1 Å². The van der Waals surface area contributed by atoms with Gasteiger partial charge in [0.1, 0.15) is 5.65 Å². The summed E-state index contributed by atoms with van der Waals surface area (Å²) in [7, 11) is 0. The minimum Gasteiger partial charge on any atom is -0.293 e. The summed E-state index contributed by atoms with van der Waals surface area (Å²) >= 11 is 0. The third kappa shape index (κ3) is 3.57. The van der Waals surface area contributed by atoms with Gasteiger partial charge in [-0.3, -0.25) is 19.3 Å². The van der Waals surface area contributed by atoms with Crippen LogP contribution in [-0.4, -0.2) is 24.3 Å². The monoisotopic (exact) mass is 385 g/mol. The zero-order valence-electron chi connectivity index (χ0n) is 17.6. The average molecular weight is 386 g/mol. The lowest BCUT2D eigenvalue weighted by molar-refractivity contribution is 0.478. The predicted octanol–water partition coefficient (Wildman–Crippen LogP) is 3.59. The number of aryl methyl sites for hydroxylation is 4. The lowest BCUT2D eigenvalue weighted by atomic mass is 10.1. The van der Waals surface area contributed by atoms with Crippen LogP contribution in [0.25, 0.3) is 11.0 Å². The van der Waals surface area contributed by atoms with Gasteiger partial charge in [-0.15, -0.1) is 4.79 Å². The first-order valence-corrected chi connectivity index (χ1v) is 10.3. The number of pyridine rings is 1. The molecular formula is C21H31N5O2. The van der Waals surface area contributed by atoms with Crippen molar-refractivity contribution >= 4 is 11.0 Å². The van der Waals surface area contributed by atoms with Gasteiger partial charge < -0.3 is 0 Å². The van der Waals surface area contributed by atoms with Gasteiger partial charge in [0.05, 0.1) is 16.8 Å². The summed E-state index contributed by atoms with van der Waals surface area (Å²) < 4.78 is 1.72. The van der Waals surface area contributed by atoms with Crippen LogP contribution in [0, 0.1) is 27.7 Å². The fraction of sp³-hybridized carbons (Fsp3) is 0.571. The van der Waals surface area contributed by atoms with E-state index in [0.29, 0.717) is 23.1 Å². The molecule has 3 aromatic heterocycles. The Kier molecular flexibility index (Phi) is 5.91. The fourth-order valence-electron chi connectivity index (χ4n) is 3.82. The minimum absolute atomic E-state index is 0.0275. The molecule has 0 aliphatic heterocycles. The van der Waals surface area contributed by atoms with Crippen molar-refractivity contribution in [3.63, 3.8) is 0 Å². The number of nitrogens with zero attached hydrogens (tertiary/aromatic N) is 4. The normalized spacial score (nSPS) is 11.6. The zero-order chi connectivity index (χ0) is 20.4. The first kappa shape index (κ1) is 20.2. The van der Waals surface area contributed by atoms with Crippen LogP contribution in [0.4, 0.5) is 0 Å². The van der Waals surface area contributed by atoms with Crippen molar-refractivity contribution in [2.75, 3.05) is 0 Å². The average Bonchev–Trinajstić information content (AvgIpc) is 3.17. The van der Waals surface area contributed by atoms with Gasteiger partial charge in [0, 0.05) is 12.1 Å². The molecule has 0 spiro atoms. The van der Waals surface area contributed by atoms with Crippen molar-refractivity contribution < 1.29 is 0 Å². The van der Waals surface area contributed by atoms with E-state index in [4.69, 9.17) is 0 Å². The van der Waals surface area contributed by atoms with Crippen molar-refractivity contribution in [3.8, 4) is 0 Å². The number of aromatic nitrogens is 5. The summed E-state index contributed by atoms with van der Waals surface area (Å²) in [5.41, 5.74) is 3.43. The van der Waals surface area contributed by atoms with E-state index >= 15 is 0 Å². The highest BCUT2D eigenvalue weighted by atomic mass is 16.2. The van der Waals surface area contributed by atoms with Crippen LogP contribution < -0.4 is 11.1 Å². The summed E-state index contributed by atoms with van der Waals surface area (Å²) in [4.78, 5) is 29.0. The first-order valence-electron chi connectivity index (χ1n) is 10.3. The number of H-pyrrole nitrogens is 1. The molecule has 3 aromatic rings. The van der Waals surface area contributed by atoms with Crippen LogP contribution in [0.15, 0.2) is 15.7 Å². The topological polar surface area (TPSA) is 77.6 Å². The maximum atomic E-state index is 13.1. The van der Waals surface area contributed by atoms with Gasteiger partial charge in [-0.05, 0) is 45.7 Å². The van der Waals surface area contributed by atoms with Gasteiger partial charge in [0.25, 0.3) is 11.1 Å². The molecule has 0 amide bonds. The third-order valence-electron chi connectivity index (χ3n) is 5.54. The predicted molar refractivity (Wildman–Crippen MR) is 112 cm³/mol. The Morgan fingerprint density at radius 3 is 2.25 bits per heavy atom. The van der Waals surface area contributed by atoms with E-state index < -0.39 is 0 Å². The van der Waals surface area contributed by atoms with Crippen LogP contribution >= 0.6 is 0 Å². The number of nitrogens with one attached hydrogen (secondary N) is 1. The van der Waals surface area contributed by atoms with Crippen LogP contribution in [0.3, 0.4) is 0 Å². The maximum absolute atomic E-state index is 13.1. The Balaban J connectivity index is 2.04. The molecule has 0 unspecified atom stereocenters. The highest BCUT2D eigenvalue weighted by Gasteiger charge is 2.19. The summed E-state index contributed by atoms with van der Waals surface area (Å²) in [5.74, 6) is 0. The molecular weight excluding hydrogens is 354 g/mol. The number of aromatic amines is 1. The second kappa shape index (κ2) is 8.20. The summed E-state index contributed by atoms with van der Waals surface area (Å²) in [5, 5.41) is 8.11. The summed E-state index contributed by atoms with van der Waals surface area (Å²) in [6.45, 7) is 10.2. The molecule has 3 heterocycles. The van der Waals surface area contributed by atoms with Gasteiger partial charge in [0.2, 0.25) is 0 Å². The highest BCUT2D eigenvalue weighted by molar-refractivity contribution is 5.79. The first-order chi connectivity index (χ1) is 13.4.